The molecule has 0 saturated heterocycles. The molecule has 10 heavy (non-hydrogen) atoms. The first-order chi connectivity index (χ1) is 4.70. The zero-order valence-electron chi connectivity index (χ0n) is 4.52. The number of hydrogen-bond donors (Lipinski definition) is 0. The van der Waals surface area contributed by atoms with Crippen LogP contribution in [0.15, 0.2) is 11.4 Å². The Labute approximate surface area is 63.7 Å². The SMILES string of the molecule is O=S([O-])c1nncc(Cl)n1. The molecule has 0 N–H and O–H groups in total. The van der Waals surface area contributed by atoms with E-state index < -0.39 is 16.2 Å². The lowest BCUT2D eigenvalue weighted by atomic mass is 10.9. The van der Waals surface area contributed by atoms with E-state index in [-0.39, 0.29) is 5.15 Å². The highest BCUT2D eigenvalue weighted by atomic mass is 35.5. The highest BCUT2D eigenvalue weighted by Crippen LogP contribution is 2.01. The Morgan fingerprint density at radius 3 is 2.80 bits per heavy atom. The molecule has 1 heterocycles. The molecule has 0 aliphatic carbocycles. The second-order valence-electron chi connectivity index (χ2n) is 1.30. The second-order valence-corrected chi connectivity index (χ2v) is 2.52. The van der Waals surface area contributed by atoms with Crippen molar-refractivity contribution in [3.63, 3.8) is 0 Å². The maximum atomic E-state index is 10.1. The van der Waals surface area contributed by atoms with E-state index in [2.05, 4.69) is 15.2 Å². The van der Waals surface area contributed by atoms with Gasteiger partial charge in [0.2, 0.25) is 5.16 Å². The number of nitrogens with zero attached hydrogens (tertiary/aromatic N) is 3. The third kappa shape index (κ3) is 1.69. The van der Waals surface area contributed by atoms with Gasteiger partial charge in [-0.15, -0.1) is 5.10 Å². The largest absolute Gasteiger partial charge is 0.766 e. The smallest absolute Gasteiger partial charge is 0.227 e. The molecule has 5 nitrogen and oxygen atoms in total. The van der Waals surface area contributed by atoms with Gasteiger partial charge in [0.05, 0.1) is 6.20 Å². The fraction of sp³-hybridized carbons (Fsp3) is 0. The van der Waals surface area contributed by atoms with Gasteiger partial charge in [0.25, 0.3) is 0 Å². The Kier molecular flexibility index (Phi) is 2.25. The highest BCUT2D eigenvalue weighted by Gasteiger charge is 1.96. The first-order valence-corrected chi connectivity index (χ1v) is 3.60. The van der Waals surface area contributed by atoms with Crippen LogP contribution < -0.4 is 0 Å². The lowest BCUT2D eigenvalue weighted by Crippen LogP contribution is -1.98. The van der Waals surface area contributed by atoms with E-state index >= 15 is 0 Å². The lowest BCUT2D eigenvalue weighted by molar-refractivity contribution is 0.525. The maximum Gasteiger partial charge on any atom is 0.227 e. The summed E-state index contributed by atoms with van der Waals surface area (Å²) in [6, 6.07) is 0. The Morgan fingerprint density at radius 2 is 2.40 bits per heavy atom. The van der Waals surface area contributed by atoms with Crippen LogP contribution in [0.5, 0.6) is 0 Å². The van der Waals surface area contributed by atoms with Crippen LogP contribution in [0.4, 0.5) is 0 Å². The van der Waals surface area contributed by atoms with Crippen molar-refractivity contribution in [1.29, 1.82) is 0 Å². The topological polar surface area (TPSA) is 78.8 Å². The molecular weight excluding hydrogens is 178 g/mol. The minimum absolute atomic E-state index is 0.00852. The van der Waals surface area contributed by atoms with E-state index in [0.717, 1.165) is 6.20 Å². The number of aromatic nitrogens is 3. The van der Waals surface area contributed by atoms with Crippen LogP contribution >= 0.6 is 11.6 Å². The van der Waals surface area contributed by atoms with Gasteiger partial charge in [-0.05, 0) is 0 Å². The number of rotatable bonds is 1. The van der Waals surface area contributed by atoms with Crippen molar-refractivity contribution in [1.82, 2.24) is 15.2 Å². The van der Waals surface area contributed by atoms with Crippen LogP contribution in [0.2, 0.25) is 5.15 Å². The predicted octanol–water partition coefficient (Wildman–Crippen LogP) is -0.237. The molecule has 0 aromatic carbocycles. The first-order valence-electron chi connectivity index (χ1n) is 2.14. The summed E-state index contributed by atoms with van der Waals surface area (Å²) >= 11 is 2.84. The van der Waals surface area contributed by atoms with E-state index in [9.17, 15) is 8.76 Å². The van der Waals surface area contributed by atoms with Gasteiger partial charge in [0.15, 0.2) is 5.15 Å². The average Bonchev–Trinajstić information content (AvgIpc) is 1.88. The van der Waals surface area contributed by atoms with Crippen molar-refractivity contribution in [2.45, 2.75) is 5.16 Å². The quantitative estimate of drug-likeness (QED) is 0.555. The molecule has 1 atom stereocenters. The summed E-state index contributed by atoms with van der Waals surface area (Å²) in [4.78, 5) is 3.35. The van der Waals surface area contributed by atoms with Crippen molar-refractivity contribution >= 4 is 22.7 Å². The fourth-order valence-electron chi connectivity index (χ4n) is 0.339. The van der Waals surface area contributed by atoms with Gasteiger partial charge in [-0.2, -0.15) is 5.10 Å². The predicted molar refractivity (Wildman–Crippen MR) is 32.0 cm³/mol. The summed E-state index contributed by atoms with van der Waals surface area (Å²) in [6.45, 7) is 0. The number of hydrogen-bond acceptors (Lipinski definition) is 5. The van der Waals surface area contributed by atoms with E-state index in [1.165, 1.54) is 0 Å². The Bertz CT molecular complexity index is 268. The third-order valence-electron chi connectivity index (χ3n) is 0.659. The zero-order chi connectivity index (χ0) is 7.56. The highest BCUT2D eigenvalue weighted by molar-refractivity contribution is 7.78. The summed E-state index contributed by atoms with van der Waals surface area (Å²) in [5, 5.41) is 6.06. The molecule has 7 heteroatoms. The molecule has 0 spiro atoms. The molecule has 1 aromatic heterocycles. The molecule has 0 amide bonds. The fourth-order valence-corrected chi connectivity index (χ4v) is 0.800. The molecule has 0 bridgehead atoms. The molecule has 0 aliphatic rings. The van der Waals surface area contributed by atoms with Crippen LogP contribution in [0, 0.1) is 0 Å². The minimum atomic E-state index is -2.46. The van der Waals surface area contributed by atoms with Crippen molar-refractivity contribution < 1.29 is 8.76 Å². The Morgan fingerprint density at radius 1 is 1.70 bits per heavy atom. The minimum Gasteiger partial charge on any atom is -0.766 e. The third-order valence-corrected chi connectivity index (χ3v) is 1.31. The van der Waals surface area contributed by atoms with E-state index in [0.29, 0.717) is 0 Å². The van der Waals surface area contributed by atoms with Gasteiger partial charge in [0, 0.05) is 11.1 Å². The second kappa shape index (κ2) is 3.00. The number of halogens is 1. The van der Waals surface area contributed by atoms with Gasteiger partial charge in [0.1, 0.15) is 0 Å². The molecule has 0 radical (unpaired) electrons. The monoisotopic (exact) mass is 178 g/mol. The van der Waals surface area contributed by atoms with Crippen molar-refractivity contribution in [3.05, 3.63) is 11.3 Å². The Hall–Kier alpha value is -0.590. The van der Waals surface area contributed by atoms with E-state index in [1.54, 1.807) is 0 Å². The molecule has 1 aromatic rings. The zero-order valence-corrected chi connectivity index (χ0v) is 6.09. The molecule has 54 valence electrons. The van der Waals surface area contributed by atoms with Gasteiger partial charge < -0.3 is 4.55 Å². The lowest BCUT2D eigenvalue weighted by Gasteiger charge is -1.99. The van der Waals surface area contributed by atoms with Gasteiger partial charge in [-0.3, -0.25) is 4.21 Å². The van der Waals surface area contributed by atoms with Crippen LogP contribution in [0.25, 0.3) is 0 Å². The van der Waals surface area contributed by atoms with Crippen LogP contribution in [-0.2, 0) is 11.1 Å². The standard InChI is InChI=1S/C3H2ClN3O2S/c4-2-1-5-7-3(6-2)10(8)9/h1H,(H,8,9)/p-1. The van der Waals surface area contributed by atoms with Gasteiger partial charge in [-0.1, -0.05) is 11.6 Å². The maximum absolute atomic E-state index is 10.1. The molecule has 1 unspecified atom stereocenters. The first kappa shape index (κ1) is 7.52. The normalized spacial score (nSPS) is 13.0. The van der Waals surface area contributed by atoms with E-state index in [4.69, 9.17) is 11.6 Å². The molecule has 0 saturated carbocycles. The van der Waals surface area contributed by atoms with E-state index in [1.807, 2.05) is 0 Å². The molecular formula is C3HClN3O2S-. The summed E-state index contributed by atoms with van der Waals surface area (Å²) in [6.07, 6.45) is 1.15. The van der Waals surface area contributed by atoms with Gasteiger partial charge >= 0.3 is 0 Å². The molecule has 1 rings (SSSR count). The Balaban J connectivity index is 3.07. The van der Waals surface area contributed by atoms with Crippen molar-refractivity contribution in [2.24, 2.45) is 0 Å². The average molecular weight is 179 g/mol. The van der Waals surface area contributed by atoms with Gasteiger partial charge in [-0.25, -0.2) is 4.98 Å². The van der Waals surface area contributed by atoms with Crippen LogP contribution in [0.1, 0.15) is 0 Å². The summed E-state index contributed by atoms with van der Waals surface area (Å²) < 4.78 is 20.3. The van der Waals surface area contributed by atoms with Crippen LogP contribution in [0.3, 0.4) is 0 Å². The van der Waals surface area contributed by atoms with Crippen molar-refractivity contribution in [2.75, 3.05) is 0 Å². The molecule has 0 fully saturated rings. The summed E-state index contributed by atoms with van der Waals surface area (Å²) in [5.74, 6) is 0. The molecule has 0 aliphatic heterocycles. The summed E-state index contributed by atoms with van der Waals surface area (Å²) in [7, 11) is 0. The van der Waals surface area contributed by atoms with Crippen LogP contribution in [-0.4, -0.2) is 23.9 Å². The summed E-state index contributed by atoms with van der Waals surface area (Å²) in [5.41, 5.74) is 0. The van der Waals surface area contributed by atoms with Crippen molar-refractivity contribution in [3.8, 4) is 0 Å².